The van der Waals surface area contributed by atoms with Crippen LogP contribution in [-0.2, 0) is 0 Å². The number of halogens is 1. The van der Waals surface area contributed by atoms with Crippen LogP contribution in [-0.4, -0.2) is 23.0 Å². The summed E-state index contributed by atoms with van der Waals surface area (Å²) in [7, 11) is 0. The summed E-state index contributed by atoms with van der Waals surface area (Å²) in [5, 5.41) is 10.2. The van der Waals surface area contributed by atoms with Crippen molar-refractivity contribution in [2.45, 2.75) is 31.7 Å². The molecule has 0 aliphatic heterocycles. The fourth-order valence-electron chi connectivity index (χ4n) is 3.40. The molecule has 0 spiro atoms. The molecule has 29 heavy (non-hydrogen) atoms. The van der Waals surface area contributed by atoms with Gasteiger partial charge in [0.05, 0.1) is 0 Å². The van der Waals surface area contributed by atoms with Crippen molar-refractivity contribution in [1.82, 2.24) is 10.5 Å². The average molecular weight is 410 g/mol. The highest BCUT2D eigenvalue weighted by Crippen LogP contribution is 2.24. The number of nitrogens with one attached hydrogen (secondary N) is 2. The summed E-state index contributed by atoms with van der Waals surface area (Å²) in [6, 6.07) is 15.7. The van der Waals surface area contributed by atoms with Crippen LogP contribution in [0.2, 0.25) is 5.02 Å². The number of aromatic nitrogens is 1. The van der Waals surface area contributed by atoms with Gasteiger partial charge in [-0.1, -0.05) is 41.7 Å². The summed E-state index contributed by atoms with van der Waals surface area (Å²) >= 11 is 5.98. The van der Waals surface area contributed by atoms with Gasteiger partial charge in [0, 0.05) is 33.9 Å². The maximum absolute atomic E-state index is 12.4. The molecule has 1 aliphatic carbocycles. The highest BCUT2D eigenvalue weighted by atomic mass is 35.5. The van der Waals surface area contributed by atoms with E-state index in [9.17, 15) is 9.59 Å². The number of carbonyl (C=O) groups excluding carboxylic acids is 2. The van der Waals surface area contributed by atoms with Crippen molar-refractivity contribution in [3.8, 4) is 11.3 Å². The number of rotatable bonds is 5. The molecule has 1 heterocycles. The van der Waals surface area contributed by atoms with E-state index in [1.54, 1.807) is 48.5 Å². The van der Waals surface area contributed by atoms with E-state index < -0.39 is 5.91 Å². The van der Waals surface area contributed by atoms with E-state index in [0.717, 1.165) is 31.2 Å². The van der Waals surface area contributed by atoms with Crippen molar-refractivity contribution in [2.75, 3.05) is 5.32 Å². The lowest BCUT2D eigenvalue weighted by Gasteiger charge is -2.12. The second-order valence-corrected chi connectivity index (χ2v) is 7.51. The highest BCUT2D eigenvalue weighted by molar-refractivity contribution is 6.30. The zero-order valence-electron chi connectivity index (χ0n) is 15.7. The number of benzene rings is 2. The summed E-state index contributed by atoms with van der Waals surface area (Å²) in [4.78, 5) is 24.7. The van der Waals surface area contributed by atoms with Gasteiger partial charge in [0.25, 0.3) is 11.8 Å². The summed E-state index contributed by atoms with van der Waals surface area (Å²) in [6.07, 6.45) is 4.40. The predicted molar refractivity (Wildman–Crippen MR) is 111 cm³/mol. The molecule has 6 nitrogen and oxygen atoms in total. The second kappa shape index (κ2) is 8.49. The maximum Gasteiger partial charge on any atom is 0.277 e. The molecule has 1 aliphatic rings. The van der Waals surface area contributed by atoms with Gasteiger partial charge in [-0.2, -0.15) is 0 Å². The highest BCUT2D eigenvalue weighted by Gasteiger charge is 2.18. The van der Waals surface area contributed by atoms with Gasteiger partial charge in [0.1, 0.15) is 0 Å². The van der Waals surface area contributed by atoms with Crippen LogP contribution in [0.3, 0.4) is 0 Å². The van der Waals surface area contributed by atoms with E-state index in [0.29, 0.717) is 22.0 Å². The van der Waals surface area contributed by atoms with Crippen molar-refractivity contribution in [3.63, 3.8) is 0 Å². The minimum atomic E-state index is -0.398. The minimum absolute atomic E-state index is 0.0857. The SMILES string of the molecule is O=C(NC1CCCC1)c1ccc(NC(=O)c2cc(-c3cccc(Cl)c3)on2)cc1. The van der Waals surface area contributed by atoms with Crippen LogP contribution < -0.4 is 10.6 Å². The Morgan fingerprint density at radius 1 is 1.00 bits per heavy atom. The number of hydrogen-bond acceptors (Lipinski definition) is 4. The second-order valence-electron chi connectivity index (χ2n) is 7.07. The summed E-state index contributed by atoms with van der Waals surface area (Å²) < 4.78 is 5.26. The Kier molecular flexibility index (Phi) is 5.62. The van der Waals surface area contributed by atoms with Gasteiger partial charge in [0.15, 0.2) is 11.5 Å². The molecule has 2 amide bonds. The topological polar surface area (TPSA) is 84.2 Å². The van der Waals surface area contributed by atoms with Crippen LogP contribution in [0.15, 0.2) is 59.1 Å². The smallest absolute Gasteiger partial charge is 0.277 e. The zero-order valence-corrected chi connectivity index (χ0v) is 16.4. The summed E-state index contributed by atoms with van der Waals surface area (Å²) in [6.45, 7) is 0. The quantitative estimate of drug-likeness (QED) is 0.626. The normalized spacial score (nSPS) is 14.0. The molecule has 0 bridgehead atoms. The van der Waals surface area contributed by atoms with Gasteiger partial charge in [-0.3, -0.25) is 9.59 Å². The molecule has 2 N–H and O–H groups in total. The minimum Gasteiger partial charge on any atom is -0.355 e. The molecular weight excluding hydrogens is 390 g/mol. The monoisotopic (exact) mass is 409 g/mol. The van der Waals surface area contributed by atoms with Crippen LogP contribution in [0.4, 0.5) is 5.69 Å². The van der Waals surface area contributed by atoms with Gasteiger partial charge in [-0.15, -0.1) is 0 Å². The number of anilines is 1. The van der Waals surface area contributed by atoms with Crippen molar-refractivity contribution in [3.05, 3.63) is 70.9 Å². The van der Waals surface area contributed by atoms with Crippen molar-refractivity contribution in [2.24, 2.45) is 0 Å². The van der Waals surface area contributed by atoms with Gasteiger partial charge < -0.3 is 15.2 Å². The van der Waals surface area contributed by atoms with Crippen LogP contribution in [0.5, 0.6) is 0 Å². The van der Waals surface area contributed by atoms with E-state index >= 15 is 0 Å². The Hall–Kier alpha value is -3.12. The molecule has 2 aromatic carbocycles. The molecule has 0 unspecified atom stereocenters. The fraction of sp³-hybridized carbons (Fsp3) is 0.227. The van der Waals surface area contributed by atoms with Crippen molar-refractivity contribution < 1.29 is 14.1 Å². The Morgan fingerprint density at radius 2 is 1.76 bits per heavy atom. The van der Waals surface area contributed by atoms with Crippen LogP contribution >= 0.6 is 11.6 Å². The zero-order chi connectivity index (χ0) is 20.2. The number of carbonyl (C=O) groups is 2. The third-order valence-corrected chi connectivity index (χ3v) is 5.18. The van der Waals surface area contributed by atoms with Gasteiger partial charge in [-0.05, 0) is 49.2 Å². The van der Waals surface area contributed by atoms with Gasteiger partial charge in [-0.25, -0.2) is 0 Å². The van der Waals surface area contributed by atoms with E-state index in [2.05, 4.69) is 15.8 Å². The first kappa shape index (κ1) is 19.2. The first-order chi connectivity index (χ1) is 14.1. The number of hydrogen-bond donors (Lipinski definition) is 2. The molecule has 0 saturated heterocycles. The largest absolute Gasteiger partial charge is 0.355 e. The van der Waals surface area contributed by atoms with Crippen LogP contribution in [0, 0.1) is 0 Å². The molecule has 1 saturated carbocycles. The molecule has 7 heteroatoms. The number of nitrogens with zero attached hydrogens (tertiary/aromatic N) is 1. The standard InChI is InChI=1S/C22H20ClN3O3/c23-16-5-3-4-15(12-16)20-13-19(26-29-20)22(28)25-18-10-8-14(9-11-18)21(27)24-17-6-1-2-7-17/h3-5,8-13,17H,1-2,6-7H2,(H,24,27)(H,25,28). The summed E-state index contributed by atoms with van der Waals surface area (Å²) in [5.74, 6) is -0.0285. The Labute approximate surface area is 173 Å². The Morgan fingerprint density at radius 3 is 2.48 bits per heavy atom. The summed E-state index contributed by atoms with van der Waals surface area (Å²) in [5.41, 5.74) is 2.03. The molecule has 148 valence electrons. The van der Waals surface area contributed by atoms with E-state index in [4.69, 9.17) is 16.1 Å². The van der Waals surface area contributed by atoms with Gasteiger partial charge in [0.2, 0.25) is 0 Å². The molecule has 1 aromatic heterocycles. The molecule has 1 fully saturated rings. The lowest BCUT2D eigenvalue weighted by atomic mass is 10.1. The average Bonchev–Trinajstić information content (AvgIpc) is 3.41. The first-order valence-electron chi connectivity index (χ1n) is 9.53. The van der Waals surface area contributed by atoms with E-state index in [1.165, 1.54) is 0 Å². The molecule has 4 rings (SSSR count). The van der Waals surface area contributed by atoms with Crippen molar-refractivity contribution in [1.29, 1.82) is 0 Å². The molecule has 0 atom stereocenters. The third-order valence-electron chi connectivity index (χ3n) is 4.95. The Balaban J connectivity index is 1.39. The third kappa shape index (κ3) is 4.66. The Bertz CT molecular complexity index is 1020. The first-order valence-corrected chi connectivity index (χ1v) is 9.91. The number of amides is 2. The predicted octanol–water partition coefficient (Wildman–Crippen LogP) is 4.92. The van der Waals surface area contributed by atoms with Gasteiger partial charge >= 0.3 is 0 Å². The molecule has 0 radical (unpaired) electrons. The van der Waals surface area contributed by atoms with E-state index in [-0.39, 0.29) is 17.6 Å². The fourth-order valence-corrected chi connectivity index (χ4v) is 3.59. The lowest BCUT2D eigenvalue weighted by Crippen LogP contribution is -2.32. The van der Waals surface area contributed by atoms with Crippen LogP contribution in [0.25, 0.3) is 11.3 Å². The lowest BCUT2D eigenvalue weighted by molar-refractivity contribution is 0.0937. The molecular formula is C22H20ClN3O3. The molecule has 3 aromatic rings. The van der Waals surface area contributed by atoms with Crippen LogP contribution in [0.1, 0.15) is 46.5 Å². The van der Waals surface area contributed by atoms with Crippen molar-refractivity contribution >= 4 is 29.1 Å². The van der Waals surface area contributed by atoms with E-state index in [1.807, 2.05) is 6.07 Å². The maximum atomic E-state index is 12.4.